The van der Waals surface area contributed by atoms with Gasteiger partial charge in [0.1, 0.15) is 18.2 Å². The number of nitrogens with zero attached hydrogens (tertiary/aromatic N) is 1. The highest BCUT2D eigenvalue weighted by Gasteiger charge is 1.98. The minimum Gasteiger partial charge on any atom is -0.487 e. The smallest absolute Gasteiger partial charge is 0.130 e. The molecular weight excluding hydrogens is 250 g/mol. The van der Waals surface area contributed by atoms with E-state index in [1.165, 1.54) is 0 Å². The maximum Gasteiger partial charge on any atom is 0.130 e. The molecular formula is C13H14ClN3O. The van der Waals surface area contributed by atoms with Crippen molar-refractivity contribution in [1.29, 1.82) is 5.41 Å². The van der Waals surface area contributed by atoms with Gasteiger partial charge in [-0.3, -0.25) is 10.4 Å². The molecule has 4 nitrogen and oxygen atoms in total. The molecule has 5 heteroatoms. The van der Waals surface area contributed by atoms with E-state index in [1.807, 2.05) is 18.2 Å². The predicted octanol–water partition coefficient (Wildman–Crippen LogP) is 2.37. The second-order valence-corrected chi connectivity index (χ2v) is 3.55. The van der Waals surface area contributed by atoms with E-state index in [0.29, 0.717) is 12.2 Å². The first-order valence-electron chi connectivity index (χ1n) is 5.23. The fraction of sp³-hybridized carbons (Fsp3) is 0.0769. The molecule has 3 N–H and O–H groups in total. The van der Waals surface area contributed by atoms with E-state index in [1.54, 1.807) is 30.5 Å². The number of nitrogen functional groups attached to an aromatic ring is 1. The van der Waals surface area contributed by atoms with Crippen molar-refractivity contribution < 1.29 is 4.74 Å². The van der Waals surface area contributed by atoms with Crippen LogP contribution in [0.3, 0.4) is 0 Å². The SMILES string of the molecule is Cl.N=C(N)c1ccc(OCc2ccccn2)cc1. The molecule has 0 unspecified atom stereocenters. The lowest BCUT2D eigenvalue weighted by Crippen LogP contribution is -2.10. The van der Waals surface area contributed by atoms with Crippen LogP contribution in [0.4, 0.5) is 0 Å². The molecule has 0 aliphatic carbocycles. The summed E-state index contributed by atoms with van der Waals surface area (Å²) in [6.07, 6.45) is 1.73. The molecule has 18 heavy (non-hydrogen) atoms. The zero-order chi connectivity index (χ0) is 12.1. The fourth-order valence-electron chi connectivity index (χ4n) is 1.37. The molecule has 1 heterocycles. The minimum absolute atomic E-state index is 0. The number of hydrogen-bond donors (Lipinski definition) is 2. The van der Waals surface area contributed by atoms with Gasteiger partial charge in [-0.1, -0.05) is 6.07 Å². The van der Waals surface area contributed by atoms with Crippen LogP contribution >= 0.6 is 12.4 Å². The fourth-order valence-corrected chi connectivity index (χ4v) is 1.37. The molecule has 2 rings (SSSR count). The summed E-state index contributed by atoms with van der Waals surface area (Å²) in [6.45, 7) is 0.431. The first kappa shape index (κ1) is 14.0. The van der Waals surface area contributed by atoms with E-state index in [4.69, 9.17) is 15.9 Å². The summed E-state index contributed by atoms with van der Waals surface area (Å²) in [7, 11) is 0. The predicted molar refractivity (Wildman–Crippen MR) is 73.3 cm³/mol. The Kier molecular flexibility index (Phi) is 5.14. The van der Waals surface area contributed by atoms with E-state index in [9.17, 15) is 0 Å². The Morgan fingerprint density at radius 3 is 2.44 bits per heavy atom. The van der Waals surface area contributed by atoms with Crippen molar-refractivity contribution in [3.05, 3.63) is 59.9 Å². The van der Waals surface area contributed by atoms with Crippen LogP contribution in [-0.4, -0.2) is 10.8 Å². The largest absolute Gasteiger partial charge is 0.487 e. The van der Waals surface area contributed by atoms with Gasteiger partial charge < -0.3 is 10.5 Å². The van der Waals surface area contributed by atoms with Gasteiger partial charge in [0, 0.05) is 11.8 Å². The molecule has 94 valence electrons. The Bertz CT molecular complexity index is 499. The van der Waals surface area contributed by atoms with E-state index in [2.05, 4.69) is 4.98 Å². The Morgan fingerprint density at radius 2 is 1.89 bits per heavy atom. The molecule has 0 fully saturated rings. The van der Waals surface area contributed by atoms with Gasteiger partial charge in [-0.2, -0.15) is 0 Å². The van der Waals surface area contributed by atoms with Crippen LogP contribution in [0.1, 0.15) is 11.3 Å². The maximum absolute atomic E-state index is 7.27. The van der Waals surface area contributed by atoms with E-state index in [0.717, 1.165) is 11.4 Å². The van der Waals surface area contributed by atoms with E-state index >= 15 is 0 Å². The van der Waals surface area contributed by atoms with Gasteiger partial charge in [0.25, 0.3) is 0 Å². The number of benzene rings is 1. The summed E-state index contributed by atoms with van der Waals surface area (Å²) in [5.74, 6) is 0.793. The van der Waals surface area contributed by atoms with Gasteiger partial charge in [-0.25, -0.2) is 0 Å². The quantitative estimate of drug-likeness (QED) is 0.657. The molecule has 0 aliphatic heterocycles. The number of nitrogens with one attached hydrogen (secondary N) is 1. The van der Waals surface area contributed by atoms with Crippen LogP contribution in [0.15, 0.2) is 48.7 Å². The Hall–Kier alpha value is -2.07. The monoisotopic (exact) mass is 263 g/mol. The average molecular weight is 264 g/mol. The third-order valence-electron chi connectivity index (χ3n) is 2.28. The summed E-state index contributed by atoms with van der Waals surface area (Å²) in [4.78, 5) is 4.16. The van der Waals surface area contributed by atoms with Gasteiger partial charge in [0.05, 0.1) is 5.69 Å². The highest BCUT2D eigenvalue weighted by molar-refractivity contribution is 5.94. The van der Waals surface area contributed by atoms with Gasteiger partial charge in [0.2, 0.25) is 0 Å². The molecule has 2 aromatic rings. The van der Waals surface area contributed by atoms with Gasteiger partial charge >= 0.3 is 0 Å². The zero-order valence-corrected chi connectivity index (χ0v) is 10.5. The van der Waals surface area contributed by atoms with Crippen LogP contribution in [-0.2, 0) is 6.61 Å². The number of amidine groups is 1. The first-order chi connectivity index (χ1) is 8.25. The number of halogens is 1. The van der Waals surface area contributed by atoms with Crippen molar-refractivity contribution in [3.63, 3.8) is 0 Å². The maximum atomic E-state index is 7.27. The van der Waals surface area contributed by atoms with Crippen molar-refractivity contribution >= 4 is 18.2 Å². The molecule has 0 amide bonds. The van der Waals surface area contributed by atoms with Crippen LogP contribution in [0.2, 0.25) is 0 Å². The minimum atomic E-state index is 0. The van der Waals surface area contributed by atoms with Crippen LogP contribution in [0, 0.1) is 5.41 Å². The molecule has 0 aliphatic rings. The number of nitrogens with two attached hydrogens (primary N) is 1. The third-order valence-corrected chi connectivity index (χ3v) is 2.28. The highest BCUT2D eigenvalue weighted by Crippen LogP contribution is 2.13. The van der Waals surface area contributed by atoms with Crippen LogP contribution < -0.4 is 10.5 Å². The van der Waals surface area contributed by atoms with Gasteiger partial charge in [0.15, 0.2) is 0 Å². The van der Waals surface area contributed by atoms with Crippen LogP contribution in [0.25, 0.3) is 0 Å². The van der Waals surface area contributed by atoms with Crippen molar-refractivity contribution in [2.24, 2.45) is 5.73 Å². The average Bonchev–Trinajstić information content (AvgIpc) is 2.38. The number of hydrogen-bond acceptors (Lipinski definition) is 3. The normalized spacial score (nSPS) is 9.33. The standard InChI is InChI=1S/C13H13N3O.ClH/c14-13(15)10-4-6-12(7-5-10)17-9-11-3-1-2-8-16-11;/h1-8H,9H2,(H3,14,15);1H. The Morgan fingerprint density at radius 1 is 1.17 bits per heavy atom. The lowest BCUT2D eigenvalue weighted by atomic mass is 10.2. The van der Waals surface area contributed by atoms with Crippen molar-refractivity contribution in [3.8, 4) is 5.75 Å². The van der Waals surface area contributed by atoms with E-state index in [-0.39, 0.29) is 18.2 Å². The Balaban J connectivity index is 0.00000162. The zero-order valence-electron chi connectivity index (χ0n) is 9.67. The molecule has 0 bridgehead atoms. The third kappa shape index (κ3) is 3.75. The van der Waals surface area contributed by atoms with Crippen molar-refractivity contribution in [2.45, 2.75) is 6.61 Å². The second-order valence-electron chi connectivity index (χ2n) is 3.55. The Labute approximate surface area is 112 Å². The van der Waals surface area contributed by atoms with E-state index < -0.39 is 0 Å². The summed E-state index contributed by atoms with van der Waals surface area (Å²) >= 11 is 0. The first-order valence-corrected chi connectivity index (χ1v) is 5.23. The lowest BCUT2D eigenvalue weighted by Gasteiger charge is -2.06. The van der Waals surface area contributed by atoms with Crippen molar-refractivity contribution in [1.82, 2.24) is 4.98 Å². The summed E-state index contributed by atoms with van der Waals surface area (Å²) in [6, 6.07) is 12.8. The summed E-state index contributed by atoms with van der Waals surface area (Å²) in [5.41, 5.74) is 6.93. The molecule has 0 spiro atoms. The summed E-state index contributed by atoms with van der Waals surface area (Å²) in [5, 5.41) is 7.27. The topological polar surface area (TPSA) is 72.0 Å². The number of rotatable bonds is 4. The van der Waals surface area contributed by atoms with Crippen LogP contribution in [0.5, 0.6) is 5.75 Å². The molecule has 0 atom stereocenters. The summed E-state index contributed by atoms with van der Waals surface area (Å²) < 4.78 is 5.55. The molecule has 0 saturated heterocycles. The highest BCUT2D eigenvalue weighted by atomic mass is 35.5. The van der Waals surface area contributed by atoms with Crippen molar-refractivity contribution in [2.75, 3.05) is 0 Å². The van der Waals surface area contributed by atoms with Gasteiger partial charge in [-0.05, 0) is 36.4 Å². The number of aromatic nitrogens is 1. The lowest BCUT2D eigenvalue weighted by molar-refractivity contribution is 0.301. The van der Waals surface area contributed by atoms with Gasteiger partial charge in [-0.15, -0.1) is 12.4 Å². The number of pyridine rings is 1. The molecule has 1 aromatic carbocycles. The molecule has 1 aromatic heterocycles. The molecule has 0 saturated carbocycles. The number of ether oxygens (including phenoxy) is 1. The second kappa shape index (κ2) is 6.61. The molecule has 0 radical (unpaired) electrons.